The Morgan fingerprint density at radius 3 is 2.62 bits per heavy atom. The molecule has 0 aromatic heterocycles. The molecule has 0 N–H and O–H groups in total. The van der Waals surface area contributed by atoms with Crippen LogP contribution in [-0.2, 0) is 17.8 Å². The Balaban J connectivity index is 1.73. The average Bonchev–Trinajstić information content (AvgIpc) is 2.60. The van der Waals surface area contributed by atoms with Gasteiger partial charge in [-0.2, -0.15) is 0 Å². The maximum absolute atomic E-state index is 12.9. The molecule has 1 aliphatic heterocycles. The summed E-state index contributed by atoms with van der Waals surface area (Å²) in [7, 11) is 0. The second-order valence-corrected chi connectivity index (χ2v) is 6.56. The van der Waals surface area contributed by atoms with Gasteiger partial charge in [-0.1, -0.05) is 48.9 Å². The summed E-state index contributed by atoms with van der Waals surface area (Å²) in [6, 6.07) is 14.4. The molecule has 0 unspecified atom stereocenters. The summed E-state index contributed by atoms with van der Waals surface area (Å²) in [6.07, 6.45) is 1.17. The second kappa shape index (κ2) is 7.08. The van der Waals surface area contributed by atoms with Crippen molar-refractivity contribution in [1.29, 1.82) is 0 Å². The molecule has 1 aliphatic rings. The molecule has 0 saturated heterocycles. The number of carbonyl (C=O) groups is 1. The van der Waals surface area contributed by atoms with Gasteiger partial charge in [0.25, 0.3) is 5.91 Å². The third kappa shape index (κ3) is 3.45. The quantitative estimate of drug-likeness (QED) is 0.849. The van der Waals surface area contributed by atoms with Crippen LogP contribution in [0.15, 0.2) is 42.5 Å². The lowest BCUT2D eigenvalue weighted by Gasteiger charge is -2.31. The Labute approximate surface area is 144 Å². The van der Waals surface area contributed by atoms with Gasteiger partial charge < -0.3 is 9.64 Å². The van der Waals surface area contributed by atoms with Gasteiger partial charge in [0.05, 0.1) is 0 Å². The van der Waals surface area contributed by atoms with Crippen LogP contribution in [0.5, 0.6) is 5.75 Å². The van der Waals surface area contributed by atoms with Crippen molar-refractivity contribution < 1.29 is 9.53 Å². The van der Waals surface area contributed by atoms with Crippen LogP contribution in [-0.4, -0.2) is 23.5 Å². The van der Waals surface area contributed by atoms with Crippen molar-refractivity contribution in [3.8, 4) is 5.75 Å². The van der Waals surface area contributed by atoms with Crippen LogP contribution in [0.2, 0.25) is 0 Å². The number of fused-ring (bicyclic) bond motifs is 1. The van der Waals surface area contributed by atoms with Crippen molar-refractivity contribution in [2.45, 2.75) is 46.3 Å². The normalized spacial score (nSPS) is 14.9. The zero-order chi connectivity index (χ0) is 17.1. The van der Waals surface area contributed by atoms with E-state index >= 15 is 0 Å². The molecule has 1 atom stereocenters. The van der Waals surface area contributed by atoms with E-state index in [9.17, 15) is 4.79 Å². The summed E-state index contributed by atoms with van der Waals surface area (Å²) in [5, 5.41) is 0. The number of hydrogen-bond donors (Lipinski definition) is 0. The highest BCUT2D eigenvalue weighted by Crippen LogP contribution is 2.24. The van der Waals surface area contributed by atoms with Crippen LogP contribution < -0.4 is 4.74 Å². The first kappa shape index (κ1) is 16.6. The molecule has 0 radical (unpaired) electrons. The highest BCUT2D eigenvalue weighted by atomic mass is 16.5. The van der Waals surface area contributed by atoms with Crippen LogP contribution in [0, 0.1) is 13.8 Å². The van der Waals surface area contributed by atoms with E-state index in [1.807, 2.05) is 36.9 Å². The van der Waals surface area contributed by atoms with E-state index in [0.29, 0.717) is 13.0 Å². The Morgan fingerprint density at radius 1 is 1.17 bits per heavy atom. The molecule has 0 spiro atoms. The fourth-order valence-corrected chi connectivity index (χ4v) is 3.28. The molecule has 3 nitrogen and oxygen atoms in total. The highest BCUT2D eigenvalue weighted by molar-refractivity contribution is 5.81. The Morgan fingerprint density at radius 2 is 1.92 bits per heavy atom. The summed E-state index contributed by atoms with van der Waals surface area (Å²) in [5.41, 5.74) is 4.88. The predicted octanol–water partition coefficient (Wildman–Crippen LogP) is 4.05. The van der Waals surface area contributed by atoms with Crippen LogP contribution in [0.3, 0.4) is 0 Å². The lowest BCUT2D eigenvalue weighted by atomic mass is 9.99. The number of amides is 1. The van der Waals surface area contributed by atoms with Crippen LogP contribution >= 0.6 is 0 Å². The maximum atomic E-state index is 12.9. The number of carbonyl (C=O) groups excluding carboxylic acids is 1. The summed E-state index contributed by atoms with van der Waals surface area (Å²) >= 11 is 0. The van der Waals surface area contributed by atoms with Gasteiger partial charge >= 0.3 is 0 Å². The largest absolute Gasteiger partial charge is 0.480 e. The molecule has 3 heteroatoms. The monoisotopic (exact) mass is 323 g/mol. The van der Waals surface area contributed by atoms with Crippen molar-refractivity contribution in [2.75, 3.05) is 6.54 Å². The Hall–Kier alpha value is -2.29. The molecule has 0 bridgehead atoms. The van der Waals surface area contributed by atoms with Crippen molar-refractivity contribution in [1.82, 2.24) is 4.90 Å². The van der Waals surface area contributed by atoms with E-state index in [1.165, 1.54) is 16.7 Å². The molecule has 24 heavy (non-hydrogen) atoms. The van der Waals surface area contributed by atoms with Crippen molar-refractivity contribution >= 4 is 5.91 Å². The first-order valence-electron chi connectivity index (χ1n) is 8.68. The molecule has 2 aromatic rings. The lowest BCUT2D eigenvalue weighted by molar-refractivity contribution is -0.139. The minimum atomic E-state index is -0.420. The summed E-state index contributed by atoms with van der Waals surface area (Å²) in [6.45, 7) is 7.54. The molecule has 2 aromatic carbocycles. The standard InChI is InChI=1S/C21H25NO2/c1-4-19(24-20-10-9-15(2)13-16(20)3)21(23)22-12-11-17-7-5-6-8-18(17)14-22/h5-10,13,19H,4,11-12,14H2,1-3H3/t19-/m0/s1. The first-order chi connectivity index (χ1) is 11.6. The van der Waals surface area contributed by atoms with Gasteiger partial charge in [-0.15, -0.1) is 0 Å². The average molecular weight is 323 g/mol. The van der Waals surface area contributed by atoms with Crippen molar-refractivity contribution in [3.05, 3.63) is 64.7 Å². The van der Waals surface area contributed by atoms with E-state index in [4.69, 9.17) is 4.74 Å². The maximum Gasteiger partial charge on any atom is 0.263 e. The fraction of sp³-hybridized carbons (Fsp3) is 0.381. The van der Waals surface area contributed by atoms with Crippen LogP contribution in [0.4, 0.5) is 0 Å². The molecule has 0 fully saturated rings. The van der Waals surface area contributed by atoms with Gasteiger partial charge in [-0.25, -0.2) is 0 Å². The molecule has 0 saturated carbocycles. The number of benzene rings is 2. The van der Waals surface area contributed by atoms with Gasteiger partial charge in [-0.3, -0.25) is 4.79 Å². The van der Waals surface area contributed by atoms with E-state index in [1.54, 1.807) is 0 Å². The number of ether oxygens (including phenoxy) is 1. The molecule has 1 amide bonds. The second-order valence-electron chi connectivity index (χ2n) is 6.56. The molecule has 3 rings (SSSR count). The van der Waals surface area contributed by atoms with Gasteiger partial charge in [0.15, 0.2) is 6.10 Å². The summed E-state index contributed by atoms with van der Waals surface area (Å²) in [4.78, 5) is 14.9. The molecule has 126 valence electrons. The predicted molar refractivity (Wildman–Crippen MR) is 96.2 cm³/mol. The van der Waals surface area contributed by atoms with E-state index < -0.39 is 6.10 Å². The number of rotatable bonds is 4. The third-order valence-electron chi connectivity index (χ3n) is 4.69. The van der Waals surface area contributed by atoms with E-state index in [-0.39, 0.29) is 5.91 Å². The molecular formula is C21H25NO2. The number of hydrogen-bond acceptors (Lipinski definition) is 2. The topological polar surface area (TPSA) is 29.5 Å². The first-order valence-corrected chi connectivity index (χ1v) is 8.68. The SMILES string of the molecule is CC[C@H](Oc1ccc(C)cc1C)C(=O)N1CCc2ccccc2C1. The zero-order valence-electron chi connectivity index (χ0n) is 14.7. The van der Waals surface area contributed by atoms with Gasteiger partial charge in [-0.05, 0) is 49.4 Å². The zero-order valence-corrected chi connectivity index (χ0v) is 14.7. The Bertz CT molecular complexity index is 738. The van der Waals surface area contributed by atoms with Gasteiger partial charge in [0, 0.05) is 13.1 Å². The summed E-state index contributed by atoms with van der Waals surface area (Å²) in [5.74, 6) is 0.894. The minimum Gasteiger partial charge on any atom is -0.480 e. The molecular weight excluding hydrogens is 298 g/mol. The van der Waals surface area contributed by atoms with Gasteiger partial charge in [0.2, 0.25) is 0 Å². The van der Waals surface area contributed by atoms with Crippen LogP contribution in [0.25, 0.3) is 0 Å². The Kier molecular flexibility index (Phi) is 4.89. The fourth-order valence-electron chi connectivity index (χ4n) is 3.28. The molecule has 0 aliphatic carbocycles. The van der Waals surface area contributed by atoms with Crippen LogP contribution in [0.1, 0.15) is 35.6 Å². The lowest BCUT2D eigenvalue weighted by Crippen LogP contribution is -2.44. The van der Waals surface area contributed by atoms with Gasteiger partial charge in [0.1, 0.15) is 5.75 Å². The number of nitrogens with zero attached hydrogens (tertiary/aromatic N) is 1. The van der Waals surface area contributed by atoms with E-state index in [0.717, 1.165) is 24.3 Å². The smallest absolute Gasteiger partial charge is 0.263 e. The highest BCUT2D eigenvalue weighted by Gasteiger charge is 2.27. The third-order valence-corrected chi connectivity index (χ3v) is 4.69. The summed E-state index contributed by atoms with van der Waals surface area (Å²) < 4.78 is 6.06. The van der Waals surface area contributed by atoms with E-state index in [2.05, 4.69) is 31.2 Å². The minimum absolute atomic E-state index is 0.0898. The van der Waals surface area contributed by atoms with Crippen molar-refractivity contribution in [2.24, 2.45) is 0 Å². The molecule has 1 heterocycles. The number of aryl methyl sites for hydroxylation is 2. The van der Waals surface area contributed by atoms with Crippen molar-refractivity contribution in [3.63, 3.8) is 0 Å².